The number of hydrogen-bond donors (Lipinski definition) is 3. The first kappa shape index (κ1) is 13.3. The molecule has 0 spiro atoms. The lowest BCUT2D eigenvalue weighted by Crippen LogP contribution is -2.40. The minimum absolute atomic E-state index is 0.345. The summed E-state index contributed by atoms with van der Waals surface area (Å²) in [4.78, 5) is 10.3. The smallest absolute Gasteiger partial charge is 0.404 e. The van der Waals surface area contributed by atoms with E-state index in [0.717, 1.165) is 13.0 Å². The van der Waals surface area contributed by atoms with E-state index in [1.807, 2.05) is 0 Å². The molecule has 0 aromatic heterocycles. The Morgan fingerprint density at radius 1 is 1.62 bits per heavy atom. The standard InChI is InChI=1S/C11H23N3O2/c1-9(13-6-7-16-11(12)15)8-10-4-2-3-5-14-10/h9-10,13-14H,2-8H2,1H3,(H2,12,15). The van der Waals surface area contributed by atoms with Crippen LogP contribution in [0.1, 0.15) is 32.6 Å². The zero-order chi connectivity index (χ0) is 11.8. The molecule has 4 N–H and O–H groups in total. The molecular weight excluding hydrogens is 206 g/mol. The van der Waals surface area contributed by atoms with Gasteiger partial charge in [-0.05, 0) is 32.7 Å². The largest absolute Gasteiger partial charge is 0.448 e. The number of piperidine rings is 1. The van der Waals surface area contributed by atoms with Gasteiger partial charge in [-0.25, -0.2) is 4.79 Å². The number of amides is 1. The lowest BCUT2D eigenvalue weighted by molar-refractivity contribution is 0.155. The zero-order valence-corrected chi connectivity index (χ0v) is 10.00. The number of nitrogens with one attached hydrogen (secondary N) is 2. The molecule has 1 amide bonds. The summed E-state index contributed by atoms with van der Waals surface area (Å²) in [5.74, 6) is 0. The molecule has 1 aliphatic rings. The number of carbonyl (C=O) groups is 1. The fourth-order valence-corrected chi connectivity index (χ4v) is 2.09. The van der Waals surface area contributed by atoms with Gasteiger partial charge >= 0.3 is 6.09 Å². The second kappa shape index (κ2) is 7.46. The van der Waals surface area contributed by atoms with Crippen molar-refractivity contribution >= 4 is 6.09 Å². The minimum atomic E-state index is -0.705. The van der Waals surface area contributed by atoms with Gasteiger partial charge in [0.2, 0.25) is 0 Å². The molecule has 0 radical (unpaired) electrons. The van der Waals surface area contributed by atoms with Crippen molar-refractivity contribution in [2.75, 3.05) is 19.7 Å². The molecule has 1 aliphatic heterocycles. The monoisotopic (exact) mass is 229 g/mol. The van der Waals surface area contributed by atoms with Gasteiger partial charge in [-0.3, -0.25) is 0 Å². The highest BCUT2D eigenvalue weighted by Crippen LogP contribution is 2.11. The third kappa shape index (κ3) is 5.92. The Hall–Kier alpha value is -0.810. The van der Waals surface area contributed by atoms with E-state index in [1.165, 1.54) is 19.3 Å². The second-order valence-corrected chi connectivity index (χ2v) is 4.41. The lowest BCUT2D eigenvalue weighted by Gasteiger charge is -2.26. The van der Waals surface area contributed by atoms with E-state index in [-0.39, 0.29) is 0 Å². The van der Waals surface area contributed by atoms with E-state index < -0.39 is 6.09 Å². The Kier molecular flexibility index (Phi) is 6.18. The van der Waals surface area contributed by atoms with Crippen LogP contribution in [0.5, 0.6) is 0 Å². The molecule has 5 heteroatoms. The molecule has 16 heavy (non-hydrogen) atoms. The molecule has 0 aliphatic carbocycles. The first-order valence-corrected chi connectivity index (χ1v) is 6.07. The Morgan fingerprint density at radius 3 is 3.06 bits per heavy atom. The van der Waals surface area contributed by atoms with Crippen molar-refractivity contribution in [1.29, 1.82) is 0 Å². The van der Waals surface area contributed by atoms with Crippen molar-refractivity contribution < 1.29 is 9.53 Å². The van der Waals surface area contributed by atoms with Crippen LogP contribution < -0.4 is 16.4 Å². The summed E-state index contributed by atoms with van der Waals surface area (Å²) in [6.07, 6.45) is 4.31. The molecule has 0 bridgehead atoms. The Morgan fingerprint density at radius 2 is 2.44 bits per heavy atom. The summed E-state index contributed by atoms with van der Waals surface area (Å²) in [5, 5.41) is 6.83. The van der Waals surface area contributed by atoms with Gasteiger partial charge in [0.15, 0.2) is 0 Å². The minimum Gasteiger partial charge on any atom is -0.448 e. The van der Waals surface area contributed by atoms with Crippen molar-refractivity contribution in [1.82, 2.24) is 10.6 Å². The average Bonchev–Trinajstić information content (AvgIpc) is 2.25. The molecule has 2 atom stereocenters. The molecule has 0 saturated carbocycles. The summed E-state index contributed by atoms with van der Waals surface area (Å²) in [7, 11) is 0. The van der Waals surface area contributed by atoms with E-state index in [1.54, 1.807) is 0 Å². The SMILES string of the molecule is CC(CC1CCCCN1)NCCOC(N)=O. The van der Waals surface area contributed by atoms with Crippen LogP contribution in [0.25, 0.3) is 0 Å². The third-order valence-electron chi connectivity index (χ3n) is 2.89. The van der Waals surface area contributed by atoms with Crippen LogP contribution in [0, 0.1) is 0 Å². The first-order chi connectivity index (χ1) is 7.68. The number of rotatable bonds is 6. The molecular formula is C11H23N3O2. The van der Waals surface area contributed by atoms with Gasteiger partial charge in [0, 0.05) is 18.6 Å². The molecule has 5 nitrogen and oxygen atoms in total. The summed E-state index contributed by atoms with van der Waals surface area (Å²) < 4.78 is 4.64. The maximum Gasteiger partial charge on any atom is 0.404 e. The van der Waals surface area contributed by atoms with Gasteiger partial charge in [0.1, 0.15) is 6.61 Å². The highest BCUT2D eigenvalue weighted by Gasteiger charge is 2.15. The second-order valence-electron chi connectivity index (χ2n) is 4.41. The summed E-state index contributed by atoms with van der Waals surface area (Å²) in [6, 6.07) is 1.07. The van der Waals surface area contributed by atoms with Gasteiger partial charge in [0.05, 0.1) is 0 Å². The van der Waals surface area contributed by atoms with Crippen LogP contribution in [0.15, 0.2) is 0 Å². The van der Waals surface area contributed by atoms with Crippen molar-refractivity contribution in [2.45, 2.75) is 44.7 Å². The first-order valence-electron chi connectivity index (χ1n) is 6.07. The van der Waals surface area contributed by atoms with Crippen molar-refractivity contribution in [2.24, 2.45) is 5.73 Å². The van der Waals surface area contributed by atoms with Crippen LogP contribution >= 0.6 is 0 Å². The van der Waals surface area contributed by atoms with Crippen LogP contribution in [-0.4, -0.2) is 37.9 Å². The average molecular weight is 229 g/mol. The Labute approximate surface area is 97.1 Å². The Balaban J connectivity index is 2.01. The maximum atomic E-state index is 10.3. The molecule has 1 rings (SSSR count). The lowest BCUT2D eigenvalue weighted by atomic mass is 9.99. The molecule has 2 unspecified atom stereocenters. The van der Waals surface area contributed by atoms with Gasteiger partial charge in [-0.15, -0.1) is 0 Å². The zero-order valence-electron chi connectivity index (χ0n) is 10.00. The predicted molar refractivity (Wildman–Crippen MR) is 63.3 cm³/mol. The van der Waals surface area contributed by atoms with Gasteiger partial charge in [-0.2, -0.15) is 0 Å². The highest BCUT2D eigenvalue weighted by molar-refractivity contribution is 5.64. The van der Waals surface area contributed by atoms with Gasteiger partial charge in [0.25, 0.3) is 0 Å². The van der Waals surface area contributed by atoms with Crippen LogP contribution in [0.2, 0.25) is 0 Å². The molecule has 1 saturated heterocycles. The summed E-state index contributed by atoms with van der Waals surface area (Å²) >= 11 is 0. The molecule has 1 heterocycles. The van der Waals surface area contributed by atoms with Crippen molar-refractivity contribution in [3.05, 3.63) is 0 Å². The maximum absolute atomic E-state index is 10.3. The summed E-state index contributed by atoms with van der Waals surface area (Å²) in [6.45, 7) is 4.30. The van der Waals surface area contributed by atoms with E-state index in [0.29, 0.717) is 25.2 Å². The normalized spacial score (nSPS) is 22.7. The summed E-state index contributed by atoms with van der Waals surface area (Å²) in [5.41, 5.74) is 4.86. The topological polar surface area (TPSA) is 76.4 Å². The van der Waals surface area contributed by atoms with Crippen LogP contribution in [0.4, 0.5) is 4.79 Å². The Bertz CT molecular complexity index is 205. The van der Waals surface area contributed by atoms with Gasteiger partial charge < -0.3 is 21.1 Å². The quantitative estimate of drug-likeness (QED) is 0.583. The molecule has 94 valence electrons. The highest BCUT2D eigenvalue weighted by atomic mass is 16.5. The van der Waals surface area contributed by atoms with E-state index in [2.05, 4.69) is 22.3 Å². The molecule has 1 fully saturated rings. The number of primary amides is 1. The van der Waals surface area contributed by atoms with E-state index in [9.17, 15) is 4.79 Å². The van der Waals surface area contributed by atoms with Gasteiger partial charge in [-0.1, -0.05) is 6.42 Å². The molecule has 0 aromatic rings. The van der Waals surface area contributed by atoms with Crippen molar-refractivity contribution in [3.63, 3.8) is 0 Å². The molecule has 0 aromatic carbocycles. The van der Waals surface area contributed by atoms with E-state index in [4.69, 9.17) is 5.73 Å². The number of ether oxygens (including phenoxy) is 1. The van der Waals surface area contributed by atoms with Crippen molar-refractivity contribution in [3.8, 4) is 0 Å². The predicted octanol–water partition coefficient (Wildman–Crippen LogP) is 0.592. The fourth-order valence-electron chi connectivity index (χ4n) is 2.09. The van der Waals surface area contributed by atoms with E-state index >= 15 is 0 Å². The third-order valence-corrected chi connectivity index (χ3v) is 2.89. The number of nitrogens with two attached hydrogens (primary N) is 1. The van der Waals surface area contributed by atoms with Crippen LogP contribution in [-0.2, 0) is 4.74 Å². The van der Waals surface area contributed by atoms with Crippen LogP contribution in [0.3, 0.4) is 0 Å². The fraction of sp³-hybridized carbons (Fsp3) is 0.909. The number of carbonyl (C=O) groups excluding carboxylic acids is 1. The number of hydrogen-bond acceptors (Lipinski definition) is 4.